The number of aromatic hydroxyl groups is 1. The molecule has 0 fully saturated rings. The molecule has 2 aromatic rings. The van der Waals surface area contributed by atoms with Gasteiger partial charge in [-0.3, -0.25) is 19.2 Å². The molecule has 3 atom stereocenters. The number of carbonyl (C=O) groups is 4. The minimum absolute atomic E-state index is 0.0115. The van der Waals surface area contributed by atoms with Gasteiger partial charge >= 0.3 is 0 Å². The second kappa shape index (κ2) is 12.1. The number of ketones is 1. The van der Waals surface area contributed by atoms with E-state index >= 15 is 0 Å². The summed E-state index contributed by atoms with van der Waals surface area (Å²) in [6, 6.07) is 10.9. The minimum atomic E-state index is -1.09. The number of likely N-dealkylation sites (N-methyl/N-ethyl adjacent to an activating group) is 1. The van der Waals surface area contributed by atoms with Gasteiger partial charge in [-0.05, 0) is 42.5 Å². The highest BCUT2D eigenvalue weighted by Crippen LogP contribution is 2.20. The number of amides is 3. The molecule has 9 heteroatoms. The lowest BCUT2D eigenvalue weighted by molar-refractivity contribution is -0.142. The van der Waals surface area contributed by atoms with Crippen LogP contribution in [0.4, 0.5) is 0 Å². The standard InChI is InChI=1S/C26H34N4O5/c1-15(2)23(30(4)26(35)20(27)13-17-8-6-5-7-9-17)25(34)29-21(24(28)33)14-18-10-11-22(32)19(12-18)16(3)31/h5-12,15,20-21,23,32H,13-14,27H2,1-4H3,(H2,28,33)(H,29,34)/t20-,21-,23-/m0/s1. The average molecular weight is 483 g/mol. The molecule has 2 aromatic carbocycles. The Morgan fingerprint density at radius 1 is 1.00 bits per heavy atom. The zero-order valence-corrected chi connectivity index (χ0v) is 20.5. The Bertz CT molecular complexity index is 1070. The molecule has 3 amide bonds. The molecule has 6 N–H and O–H groups in total. The lowest BCUT2D eigenvalue weighted by Gasteiger charge is -2.33. The van der Waals surface area contributed by atoms with Crippen molar-refractivity contribution >= 4 is 23.5 Å². The maximum absolute atomic E-state index is 13.2. The van der Waals surface area contributed by atoms with Crippen molar-refractivity contribution in [3.63, 3.8) is 0 Å². The summed E-state index contributed by atoms with van der Waals surface area (Å²) in [4.78, 5) is 51.4. The Hall–Kier alpha value is -3.72. The van der Waals surface area contributed by atoms with Crippen molar-refractivity contribution < 1.29 is 24.3 Å². The summed E-state index contributed by atoms with van der Waals surface area (Å²) in [6.45, 7) is 4.89. The molecule has 0 aliphatic rings. The van der Waals surface area contributed by atoms with Crippen LogP contribution < -0.4 is 16.8 Å². The fraction of sp³-hybridized carbons (Fsp3) is 0.385. The first-order valence-electron chi connectivity index (χ1n) is 11.4. The van der Waals surface area contributed by atoms with Crippen molar-refractivity contribution in [3.05, 3.63) is 65.2 Å². The van der Waals surface area contributed by atoms with Crippen LogP contribution in [0, 0.1) is 5.92 Å². The van der Waals surface area contributed by atoms with Gasteiger partial charge in [0.15, 0.2) is 5.78 Å². The fourth-order valence-corrected chi connectivity index (χ4v) is 3.99. The van der Waals surface area contributed by atoms with Crippen LogP contribution in [0.25, 0.3) is 0 Å². The second-order valence-electron chi connectivity index (χ2n) is 9.01. The normalized spacial score (nSPS) is 13.5. The van der Waals surface area contributed by atoms with Crippen molar-refractivity contribution in [2.75, 3.05) is 7.05 Å². The fourth-order valence-electron chi connectivity index (χ4n) is 3.99. The number of hydrogen-bond donors (Lipinski definition) is 4. The summed E-state index contributed by atoms with van der Waals surface area (Å²) < 4.78 is 0. The van der Waals surface area contributed by atoms with E-state index in [9.17, 15) is 24.3 Å². The van der Waals surface area contributed by atoms with Crippen LogP contribution in [0.5, 0.6) is 5.75 Å². The van der Waals surface area contributed by atoms with E-state index in [1.807, 2.05) is 30.3 Å². The van der Waals surface area contributed by atoms with Gasteiger partial charge in [-0.25, -0.2) is 0 Å². The first-order valence-corrected chi connectivity index (χ1v) is 11.4. The number of nitrogens with zero attached hydrogens (tertiary/aromatic N) is 1. The van der Waals surface area contributed by atoms with Gasteiger partial charge in [-0.2, -0.15) is 0 Å². The molecule has 0 spiro atoms. The molecule has 0 unspecified atom stereocenters. The maximum Gasteiger partial charge on any atom is 0.243 e. The van der Waals surface area contributed by atoms with Crippen molar-refractivity contribution in [2.24, 2.45) is 17.4 Å². The molecular formula is C26H34N4O5. The highest BCUT2D eigenvalue weighted by atomic mass is 16.3. The van der Waals surface area contributed by atoms with Gasteiger partial charge in [-0.15, -0.1) is 0 Å². The highest BCUT2D eigenvalue weighted by molar-refractivity contribution is 5.97. The Kier molecular flexibility index (Phi) is 9.53. The van der Waals surface area contributed by atoms with Gasteiger partial charge < -0.3 is 26.8 Å². The monoisotopic (exact) mass is 482 g/mol. The van der Waals surface area contributed by atoms with E-state index in [0.717, 1.165) is 5.56 Å². The molecule has 0 saturated heterocycles. The third-order valence-electron chi connectivity index (χ3n) is 5.82. The number of carbonyl (C=O) groups excluding carboxylic acids is 4. The Morgan fingerprint density at radius 2 is 1.63 bits per heavy atom. The minimum Gasteiger partial charge on any atom is -0.507 e. The molecule has 0 radical (unpaired) electrons. The van der Waals surface area contributed by atoms with Gasteiger partial charge in [0, 0.05) is 13.5 Å². The van der Waals surface area contributed by atoms with E-state index < -0.39 is 35.8 Å². The number of nitrogens with two attached hydrogens (primary N) is 2. The van der Waals surface area contributed by atoms with Crippen molar-refractivity contribution in [3.8, 4) is 5.75 Å². The van der Waals surface area contributed by atoms with Gasteiger partial charge in [0.05, 0.1) is 11.6 Å². The number of benzene rings is 2. The summed E-state index contributed by atoms with van der Waals surface area (Å²) in [5.41, 5.74) is 13.2. The van der Waals surface area contributed by atoms with E-state index in [1.165, 1.54) is 31.0 Å². The molecule has 35 heavy (non-hydrogen) atoms. The molecular weight excluding hydrogens is 448 g/mol. The number of nitrogens with one attached hydrogen (secondary N) is 1. The Labute approximate surface area is 205 Å². The molecule has 0 aliphatic carbocycles. The summed E-state index contributed by atoms with van der Waals surface area (Å²) in [5.74, 6) is -2.50. The Morgan fingerprint density at radius 3 is 2.17 bits per heavy atom. The van der Waals surface area contributed by atoms with Crippen LogP contribution in [0.3, 0.4) is 0 Å². The third-order valence-corrected chi connectivity index (χ3v) is 5.82. The smallest absolute Gasteiger partial charge is 0.243 e. The van der Waals surface area contributed by atoms with Crippen LogP contribution in [0.2, 0.25) is 0 Å². The zero-order chi connectivity index (χ0) is 26.3. The highest BCUT2D eigenvalue weighted by Gasteiger charge is 2.34. The second-order valence-corrected chi connectivity index (χ2v) is 9.01. The predicted octanol–water partition coefficient (Wildman–Crippen LogP) is 1.16. The first kappa shape index (κ1) is 27.5. The summed E-state index contributed by atoms with van der Waals surface area (Å²) in [5, 5.41) is 12.5. The molecule has 2 rings (SSSR count). The topological polar surface area (TPSA) is 156 Å². The summed E-state index contributed by atoms with van der Waals surface area (Å²) >= 11 is 0. The number of hydrogen-bond acceptors (Lipinski definition) is 6. The molecule has 0 bridgehead atoms. The molecule has 188 valence electrons. The van der Waals surface area contributed by atoms with Gasteiger partial charge in [0.2, 0.25) is 17.7 Å². The van der Waals surface area contributed by atoms with E-state index in [2.05, 4.69) is 5.32 Å². The summed E-state index contributed by atoms with van der Waals surface area (Å²) in [7, 11) is 1.51. The molecule has 9 nitrogen and oxygen atoms in total. The van der Waals surface area contributed by atoms with Gasteiger partial charge in [0.1, 0.15) is 17.8 Å². The van der Waals surface area contributed by atoms with Crippen LogP contribution in [0.1, 0.15) is 42.3 Å². The molecule has 0 saturated carbocycles. The van der Waals surface area contributed by atoms with Gasteiger partial charge in [-0.1, -0.05) is 50.2 Å². The maximum atomic E-state index is 13.2. The van der Waals surface area contributed by atoms with Crippen molar-refractivity contribution in [1.82, 2.24) is 10.2 Å². The molecule has 0 heterocycles. The number of primary amides is 1. The SMILES string of the molecule is CC(=O)c1cc(C[C@H](NC(=O)[C@H](C(C)C)N(C)C(=O)[C@@H](N)Cc2ccccc2)C(N)=O)ccc1O. The van der Waals surface area contributed by atoms with Gasteiger partial charge in [0.25, 0.3) is 0 Å². The van der Waals surface area contributed by atoms with Crippen molar-refractivity contribution in [1.29, 1.82) is 0 Å². The van der Waals surface area contributed by atoms with Crippen LogP contribution in [-0.4, -0.2) is 58.7 Å². The van der Waals surface area contributed by atoms with E-state index in [0.29, 0.717) is 12.0 Å². The van der Waals surface area contributed by atoms with Crippen LogP contribution in [0.15, 0.2) is 48.5 Å². The summed E-state index contributed by atoms with van der Waals surface area (Å²) in [6.07, 6.45) is 0.331. The van der Waals surface area contributed by atoms with E-state index in [1.54, 1.807) is 19.9 Å². The third kappa shape index (κ3) is 7.38. The number of Topliss-reactive ketones (excluding diaryl/α,β-unsaturated/α-hetero) is 1. The predicted molar refractivity (Wildman–Crippen MR) is 132 cm³/mol. The van der Waals surface area contributed by atoms with E-state index in [4.69, 9.17) is 11.5 Å². The zero-order valence-electron chi connectivity index (χ0n) is 20.5. The van der Waals surface area contributed by atoms with E-state index in [-0.39, 0.29) is 29.4 Å². The van der Waals surface area contributed by atoms with Crippen molar-refractivity contribution in [2.45, 2.75) is 51.7 Å². The molecule has 0 aliphatic heterocycles. The van der Waals surface area contributed by atoms with Crippen LogP contribution in [-0.2, 0) is 27.2 Å². The Balaban J connectivity index is 2.17. The lowest BCUT2D eigenvalue weighted by Crippen LogP contribution is -2.58. The number of phenols is 1. The number of rotatable bonds is 11. The van der Waals surface area contributed by atoms with Crippen LogP contribution >= 0.6 is 0 Å². The molecule has 0 aromatic heterocycles. The largest absolute Gasteiger partial charge is 0.507 e. The first-order chi connectivity index (χ1) is 16.4. The lowest BCUT2D eigenvalue weighted by atomic mass is 9.97. The average Bonchev–Trinajstić information content (AvgIpc) is 2.79. The number of phenolic OH excluding ortho intramolecular Hbond substituents is 1. The quantitative estimate of drug-likeness (QED) is 0.352.